The Labute approximate surface area is 94.1 Å². The van der Waals surface area contributed by atoms with Crippen LogP contribution >= 0.6 is 11.3 Å². The van der Waals surface area contributed by atoms with Gasteiger partial charge in [0.25, 0.3) is 0 Å². The van der Waals surface area contributed by atoms with Gasteiger partial charge >= 0.3 is 0 Å². The number of thiazole rings is 1. The van der Waals surface area contributed by atoms with Gasteiger partial charge in [0.1, 0.15) is 0 Å². The number of nitrogens with one attached hydrogen (secondary N) is 2. The molecular formula is C10H17N3OS. The second-order valence-electron chi connectivity index (χ2n) is 3.62. The average molecular weight is 227 g/mol. The summed E-state index contributed by atoms with van der Waals surface area (Å²) in [4.78, 5) is 15.4. The fourth-order valence-electron chi connectivity index (χ4n) is 1.08. The van der Waals surface area contributed by atoms with Crippen LogP contribution in [0, 0.1) is 0 Å². The summed E-state index contributed by atoms with van der Waals surface area (Å²) in [5.41, 5.74) is 2.69. The first-order valence-electron chi connectivity index (χ1n) is 5.05. The van der Waals surface area contributed by atoms with E-state index in [0.29, 0.717) is 19.0 Å². The summed E-state index contributed by atoms with van der Waals surface area (Å²) in [5, 5.41) is 7.96. The highest BCUT2D eigenvalue weighted by atomic mass is 32.1. The molecule has 0 aliphatic carbocycles. The smallest absolute Gasteiger partial charge is 0.221 e. The summed E-state index contributed by atoms with van der Waals surface area (Å²) in [7, 11) is 0. The predicted molar refractivity (Wildman–Crippen MR) is 61.7 cm³/mol. The van der Waals surface area contributed by atoms with E-state index in [0.717, 1.165) is 12.2 Å². The van der Waals surface area contributed by atoms with Gasteiger partial charge in [0.2, 0.25) is 5.91 Å². The first-order valence-corrected chi connectivity index (χ1v) is 6.00. The van der Waals surface area contributed by atoms with E-state index in [1.165, 1.54) is 11.3 Å². The first-order chi connectivity index (χ1) is 7.18. The summed E-state index contributed by atoms with van der Waals surface area (Å²) in [6.07, 6.45) is 0.516. The lowest BCUT2D eigenvalue weighted by molar-refractivity contribution is -0.121. The maximum absolute atomic E-state index is 11.3. The number of hydrogen-bond donors (Lipinski definition) is 2. The number of amides is 1. The molecular weight excluding hydrogens is 210 g/mol. The van der Waals surface area contributed by atoms with Gasteiger partial charge in [-0.3, -0.25) is 4.79 Å². The van der Waals surface area contributed by atoms with Crippen LogP contribution in [0.3, 0.4) is 0 Å². The van der Waals surface area contributed by atoms with Gasteiger partial charge in [-0.25, -0.2) is 4.98 Å². The normalized spacial score (nSPS) is 10.6. The molecule has 1 rings (SSSR count). The van der Waals surface area contributed by atoms with Crippen molar-refractivity contribution in [1.29, 1.82) is 0 Å². The first kappa shape index (κ1) is 12.1. The van der Waals surface area contributed by atoms with E-state index in [1.807, 2.05) is 5.38 Å². The van der Waals surface area contributed by atoms with Gasteiger partial charge < -0.3 is 10.6 Å². The van der Waals surface area contributed by atoms with E-state index in [9.17, 15) is 4.79 Å². The molecule has 0 atom stereocenters. The molecule has 0 aliphatic heterocycles. The zero-order valence-corrected chi connectivity index (χ0v) is 9.93. The van der Waals surface area contributed by atoms with Crippen LogP contribution in [0.2, 0.25) is 0 Å². The molecule has 0 bridgehead atoms. The molecule has 0 aromatic carbocycles. The minimum atomic E-state index is 0.0659. The summed E-state index contributed by atoms with van der Waals surface area (Å²) in [5.74, 6) is 0.0659. The van der Waals surface area contributed by atoms with Crippen molar-refractivity contribution in [3.05, 3.63) is 16.6 Å². The Kier molecular flexibility index (Phi) is 5.28. The maximum atomic E-state index is 11.3. The van der Waals surface area contributed by atoms with Gasteiger partial charge in [-0.2, -0.15) is 0 Å². The van der Waals surface area contributed by atoms with Crippen molar-refractivity contribution in [2.45, 2.75) is 32.9 Å². The summed E-state index contributed by atoms with van der Waals surface area (Å²) in [6.45, 7) is 5.38. The van der Waals surface area contributed by atoms with Crippen LogP contribution < -0.4 is 10.6 Å². The van der Waals surface area contributed by atoms with Crippen LogP contribution in [0.5, 0.6) is 0 Å². The van der Waals surface area contributed by atoms with Crippen molar-refractivity contribution in [2.24, 2.45) is 0 Å². The van der Waals surface area contributed by atoms with E-state index in [4.69, 9.17) is 0 Å². The Balaban J connectivity index is 2.09. The monoisotopic (exact) mass is 227 g/mol. The standard InChI is InChI=1S/C10H17N3OS/c1-8(2)11-4-3-10(14)12-5-9-6-15-7-13-9/h6-8,11H,3-5H2,1-2H3,(H,12,14). The van der Waals surface area contributed by atoms with E-state index < -0.39 is 0 Å². The Morgan fingerprint density at radius 1 is 1.60 bits per heavy atom. The van der Waals surface area contributed by atoms with E-state index in [1.54, 1.807) is 5.51 Å². The van der Waals surface area contributed by atoms with Gasteiger partial charge in [-0.1, -0.05) is 13.8 Å². The Morgan fingerprint density at radius 2 is 2.40 bits per heavy atom. The van der Waals surface area contributed by atoms with E-state index >= 15 is 0 Å². The Bertz CT molecular complexity index is 285. The molecule has 0 spiro atoms. The van der Waals surface area contributed by atoms with E-state index in [2.05, 4.69) is 29.5 Å². The van der Waals surface area contributed by atoms with E-state index in [-0.39, 0.29) is 5.91 Å². The zero-order valence-electron chi connectivity index (χ0n) is 9.12. The highest BCUT2D eigenvalue weighted by molar-refractivity contribution is 7.07. The Hall–Kier alpha value is -0.940. The number of carbonyl (C=O) groups excluding carboxylic acids is 1. The van der Waals surface area contributed by atoms with Crippen LogP contribution in [-0.2, 0) is 11.3 Å². The maximum Gasteiger partial charge on any atom is 0.221 e. The molecule has 0 unspecified atom stereocenters. The van der Waals surface area contributed by atoms with Crippen LogP contribution in [-0.4, -0.2) is 23.5 Å². The molecule has 0 aliphatic rings. The van der Waals surface area contributed by atoms with Crippen molar-refractivity contribution in [3.8, 4) is 0 Å². The molecule has 2 N–H and O–H groups in total. The number of hydrogen-bond acceptors (Lipinski definition) is 4. The Morgan fingerprint density at radius 3 is 3.00 bits per heavy atom. The summed E-state index contributed by atoms with van der Waals surface area (Å²) in [6, 6.07) is 0.427. The highest BCUT2D eigenvalue weighted by Crippen LogP contribution is 1.99. The molecule has 5 heteroatoms. The number of rotatable bonds is 6. The highest BCUT2D eigenvalue weighted by Gasteiger charge is 2.02. The van der Waals surface area contributed by atoms with Gasteiger partial charge in [-0.05, 0) is 0 Å². The third kappa shape index (κ3) is 5.49. The van der Waals surface area contributed by atoms with Crippen LogP contribution in [0.4, 0.5) is 0 Å². The molecule has 15 heavy (non-hydrogen) atoms. The zero-order chi connectivity index (χ0) is 11.1. The molecule has 0 fully saturated rings. The molecule has 0 saturated carbocycles. The fraction of sp³-hybridized carbons (Fsp3) is 0.600. The van der Waals surface area contributed by atoms with Gasteiger partial charge in [-0.15, -0.1) is 11.3 Å². The fourth-order valence-corrected chi connectivity index (χ4v) is 1.64. The molecule has 1 heterocycles. The number of carbonyl (C=O) groups is 1. The minimum Gasteiger partial charge on any atom is -0.350 e. The lowest BCUT2D eigenvalue weighted by atomic mass is 10.3. The summed E-state index contributed by atoms with van der Waals surface area (Å²) >= 11 is 1.54. The molecule has 84 valence electrons. The lowest BCUT2D eigenvalue weighted by Crippen LogP contribution is -2.30. The minimum absolute atomic E-state index is 0.0659. The molecule has 0 saturated heterocycles. The lowest BCUT2D eigenvalue weighted by Gasteiger charge is -2.07. The quantitative estimate of drug-likeness (QED) is 0.766. The predicted octanol–water partition coefficient (Wildman–Crippen LogP) is 1.15. The van der Waals surface area contributed by atoms with Crippen LogP contribution in [0.25, 0.3) is 0 Å². The second-order valence-corrected chi connectivity index (χ2v) is 4.33. The van der Waals surface area contributed by atoms with Crippen LogP contribution in [0.15, 0.2) is 10.9 Å². The van der Waals surface area contributed by atoms with Crippen molar-refractivity contribution in [3.63, 3.8) is 0 Å². The number of aromatic nitrogens is 1. The third-order valence-corrected chi connectivity index (χ3v) is 2.49. The SMILES string of the molecule is CC(C)NCCC(=O)NCc1cscn1. The molecule has 1 amide bonds. The van der Waals surface area contributed by atoms with Gasteiger partial charge in [0.15, 0.2) is 0 Å². The average Bonchev–Trinajstić information content (AvgIpc) is 2.66. The van der Waals surface area contributed by atoms with Gasteiger partial charge in [0, 0.05) is 24.4 Å². The number of nitrogens with zero attached hydrogens (tertiary/aromatic N) is 1. The van der Waals surface area contributed by atoms with Crippen LogP contribution in [0.1, 0.15) is 26.0 Å². The molecule has 0 radical (unpaired) electrons. The molecule has 1 aromatic heterocycles. The summed E-state index contributed by atoms with van der Waals surface area (Å²) < 4.78 is 0. The topological polar surface area (TPSA) is 54.0 Å². The van der Waals surface area contributed by atoms with Crippen molar-refractivity contribution in [1.82, 2.24) is 15.6 Å². The van der Waals surface area contributed by atoms with Crippen molar-refractivity contribution in [2.75, 3.05) is 6.54 Å². The second kappa shape index (κ2) is 6.53. The van der Waals surface area contributed by atoms with Crippen molar-refractivity contribution >= 4 is 17.2 Å². The van der Waals surface area contributed by atoms with Crippen molar-refractivity contribution < 1.29 is 4.79 Å². The molecule has 4 nitrogen and oxygen atoms in total. The third-order valence-electron chi connectivity index (χ3n) is 1.85. The molecule has 1 aromatic rings. The largest absolute Gasteiger partial charge is 0.350 e. The van der Waals surface area contributed by atoms with Gasteiger partial charge in [0.05, 0.1) is 17.7 Å².